The number of hydrogen-bond donors (Lipinski definition) is 2. The molecule has 1 aromatic carbocycles. The van der Waals surface area contributed by atoms with Crippen LogP contribution in [0, 0.1) is 5.41 Å². The summed E-state index contributed by atoms with van der Waals surface area (Å²) in [6.45, 7) is 3.99. The van der Waals surface area contributed by atoms with Gasteiger partial charge in [-0.2, -0.15) is 4.98 Å². The first-order valence-electron chi connectivity index (χ1n) is 11.4. The number of imide groups is 1. The molecular weight excluding hydrogens is 450 g/mol. The maximum atomic E-state index is 12.7. The fraction of sp³-hybridized carbons (Fsp3) is 0.375. The van der Waals surface area contributed by atoms with Crippen molar-refractivity contribution in [3.05, 3.63) is 53.4 Å². The van der Waals surface area contributed by atoms with Gasteiger partial charge in [0.05, 0.1) is 5.69 Å². The number of ether oxygens (including phenoxy) is 1. The first-order valence-corrected chi connectivity index (χ1v) is 11.4. The molecule has 0 saturated carbocycles. The van der Waals surface area contributed by atoms with Crippen molar-refractivity contribution in [1.29, 1.82) is 0 Å². The number of rotatable bonds is 7. The van der Waals surface area contributed by atoms with E-state index in [4.69, 9.17) is 4.74 Å². The fourth-order valence-corrected chi connectivity index (χ4v) is 4.46. The maximum Gasteiger partial charge on any atom is 0.326 e. The molecule has 3 aliphatic rings. The summed E-state index contributed by atoms with van der Waals surface area (Å²) in [5, 5.41) is 4.65. The van der Waals surface area contributed by atoms with Crippen LogP contribution in [0.2, 0.25) is 0 Å². The summed E-state index contributed by atoms with van der Waals surface area (Å²) in [7, 11) is 3.91. The number of carbonyl (C=O) groups excluding carboxylic acids is 3. The van der Waals surface area contributed by atoms with Crippen molar-refractivity contribution in [2.75, 3.05) is 58.3 Å². The Morgan fingerprint density at radius 2 is 1.86 bits per heavy atom. The number of likely N-dealkylation sites (tertiary alicyclic amines) is 1. The molecule has 11 heteroatoms. The molecule has 2 N–H and O–H groups in total. The van der Waals surface area contributed by atoms with Gasteiger partial charge in [0.25, 0.3) is 11.8 Å². The van der Waals surface area contributed by atoms with Crippen molar-refractivity contribution < 1.29 is 19.1 Å². The molecule has 3 saturated heterocycles. The van der Waals surface area contributed by atoms with E-state index >= 15 is 0 Å². The van der Waals surface area contributed by atoms with Crippen molar-refractivity contribution in [2.45, 2.75) is 0 Å². The smallest absolute Gasteiger partial charge is 0.326 e. The number of likely N-dealkylation sites (N-methyl/N-ethyl adjacent to an activating group) is 1. The summed E-state index contributed by atoms with van der Waals surface area (Å²) in [4.78, 5) is 51.1. The van der Waals surface area contributed by atoms with Gasteiger partial charge in [-0.25, -0.2) is 9.78 Å². The van der Waals surface area contributed by atoms with Crippen LogP contribution in [0.15, 0.2) is 42.1 Å². The van der Waals surface area contributed by atoms with Gasteiger partial charge in [-0.1, -0.05) is 18.2 Å². The lowest BCUT2D eigenvalue weighted by Gasteiger charge is -2.60. The van der Waals surface area contributed by atoms with E-state index in [2.05, 4.69) is 20.6 Å². The molecule has 0 unspecified atom stereocenters. The number of nitrogens with one attached hydrogen (secondary N) is 2. The summed E-state index contributed by atoms with van der Waals surface area (Å²) in [5.74, 6) is 0.421. The molecule has 1 aromatic heterocycles. The van der Waals surface area contributed by atoms with Crippen LogP contribution in [0.1, 0.15) is 16.1 Å². The molecule has 2 aromatic rings. The minimum Gasteiger partial charge on any atom is -0.476 e. The molecular formula is C24H27N7O4. The molecule has 4 amide bonds. The molecule has 0 atom stereocenters. The van der Waals surface area contributed by atoms with Gasteiger partial charge < -0.3 is 24.8 Å². The average molecular weight is 478 g/mol. The monoisotopic (exact) mass is 477 g/mol. The summed E-state index contributed by atoms with van der Waals surface area (Å²) < 4.78 is 5.83. The van der Waals surface area contributed by atoms with Crippen molar-refractivity contribution in [2.24, 2.45) is 5.41 Å². The molecule has 182 valence electrons. The largest absolute Gasteiger partial charge is 0.476 e. The van der Waals surface area contributed by atoms with Crippen molar-refractivity contribution >= 4 is 29.9 Å². The third-order valence-corrected chi connectivity index (χ3v) is 6.21. The highest BCUT2D eigenvalue weighted by atomic mass is 16.5. The molecule has 5 rings (SSSR count). The van der Waals surface area contributed by atoms with E-state index in [-0.39, 0.29) is 17.0 Å². The van der Waals surface area contributed by atoms with Crippen molar-refractivity contribution in [3.63, 3.8) is 0 Å². The average Bonchev–Trinajstić information content (AvgIpc) is 3.08. The quantitative estimate of drug-likeness (QED) is 0.439. The topological polar surface area (TPSA) is 120 Å². The van der Waals surface area contributed by atoms with Crippen molar-refractivity contribution in [1.82, 2.24) is 30.4 Å². The molecule has 11 nitrogen and oxygen atoms in total. The fourth-order valence-electron chi connectivity index (χ4n) is 4.46. The van der Waals surface area contributed by atoms with E-state index < -0.39 is 11.9 Å². The second-order valence-electron chi connectivity index (χ2n) is 9.43. The normalized spacial score (nSPS) is 19.5. The predicted octanol–water partition coefficient (Wildman–Crippen LogP) is 0.560. The van der Waals surface area contributed by atoms with E-state index in [1.54, 1.807) is 6.07 Å². The lowest BCUT2D eigenvalue weighted by molar-refractivity contribution is -0.115. The zero-order valence-electron chi connectivity index (χ0n) is 19.7. The molecule has 3 aliphatic heterocycles. The van der Waals surface area contributed by atoms with Crippen molar-refractivity contribution in [3.8, 4) is 5.88 Å². The van der Waals surface area contributed by atoms with E-state index in [1.165, 1.54) is 6.08 Å². The molecule has 0 radical (unpaired) electrons. The van der Waals surface area contributed by atoms with Gasteiger partial charge in [0, 0.05) is 49.8 Å². The molecule has 35 heavy (non-hydrogen) atoms. The highest BCUT2D eigenvalue weighted by Gasteiger charge is 2.54. The number of hydrogen-bond acceptors (Lipinski definition) is 8. The van der Waals surface area contributed by atoms with Crippen LogP contribution < -0.4 is 20.3 Å². The summed E-state index contributed by atoms with van der Waals surface area (Å²) >= 11 is 0. The van der Waals surface area contributed by atoms with Crippen LogP contribution in [0.25, 0.3) is 6.08 Å². The van der Waals surface area contributed by atoms with E-state index in [0.29, 0.717) is 49.3 Å². The standard InChI is InChI=1S/C24H27N7O4/c1-29(2)8-9-35-19-11-17(10-18-20(32)28-23(34)26-18)25-22(27-19)31-14-24(15-31)12-30(13-24)21(33)16-6-4-3-5-7-16/h3-7,10-11H,8-9,12-15H2,1-2H3,(H2,26,28,32,34)/b18-10-. The number of nitrogens with zero attached hydrogens (tertiary/aromatic N) is 5. The number of aromatic nitrogens is 2. The minimum absolute atomic E-state index is 0.0352. The first kappa shape index (κ1) is 22.8. The number of carbonyl (C=O) groups is 3. The summed E-state index contributed by atoms with van der Waals surface area (Å²) in [6.07, 6.45) is 1.50. The minimum atomic E-state index is -0.567. The van der Waals surface area contributed by atoms with Crippen LogP contribution in [0.4, 0.5) is 10.7 Å². The number of anilines is 1. The van der Waals surface area contributed by atoms with Gasteiger partial charge in [0.15, 0.2) is 0 Å². The van der Waals surface area contributed by atoms with Crippen LogP contribution in [-0.4, -0.2) is 91.0 Å². The van der Waals surface area contributed by atoms with Crippen LogP contribution >= 0.6 is 0 Å². The number of urea groups is 1. The second kappa shape index (κ2) is 8.99. The lowest BCUT2D eigenvalue weighted by Crippen LogP contribution is -2.73. The highest BCUT2D eigenvalue weighted by molar-refractivity contribution is 6.13. The Morgan fingerprint density at radius 3 is 2.51 bits per heavy atom. The van der Waals surface area contributed by atoms with Crippen LogP contribution in [0.3, 0.4) is 0 Å². The third-order valence-electron chi connectivity index (χ3n) is 6.21. The summed E-state index contributed by atoms with van der Waals surface area (Å²) in [5.41, 5.74) is 1.31. The molecule has 0 aliphatic carbocycles. The Hall–Kier alpha value is -3.99. The van der Waals surface area contributed by atoms with Crippen LogP contribution in [0.5, 0.6) is 5.88 Å². The molecule has 0 bridgehead atoms. The second-order valence-corrected chi connectivity index (χ2v) is 9.43. The SMILES string of the molecule is CN(C)CCOc1cc(/C=C2\NC(=O)NC2=O)nc(N2CC3(CN(C(=O)c4ccccc4)C3)C2)n1. The van der Waals surface area contributed by atoms with E-state index in [0.717, 1.165) is 13.1 Å². The van der Waals surface area contributed by atoms with Gasteiger partial charge in [0.2, 0.25) is 11.8 Å². The summed E-state index contributed by atoms with van der Waals surface area (Å²) in [6, 6.07) is 10.4. The molecule has 1 spiro atoms. The van der Waals surface area contributed by atoms with Crippen LogP contribution in [-0.2, 0) is 4.79 Å². The Labute approximate surface area is 202 Å². The highest BCUT2D eigenvalue weighted by Crippen LogP contribution is 2.41. The number of amides is 4. The van der Waals surface area contributed by atoms with Gasteiger partial charge in [-0.3, -0.25) is 14.9 Å². The van der Waals surface area contributed by atoms with Gasteiger partial charge in [0.1, 0.15) is 12.3 Å². The Balaban J connectivity index is 1.28. The predicted molar refractivity (Wildman–Crippen MR) is 128 cm³/mol. The third kappa shape index (κ3) is 4.80. The molecule has 4 heterocycles. The first-order chi connectivity index (χ1) is 16.8. The number of benzene rings is 1. The zero-order chi connectivity index (χ0) is 24.6. The lowest BCUT2D eigenvalue weighted by atomic mass is 9.72. The molecule has 3 fully saturated rings. The maximum absolute atomic E-state index is 12.7. The van der Waals surface area contributed by atoms with Gasteiger partial charge >= 0.3 is 6.03 Å². The van der Waals surface area contributed by atoms with Gasteiger partial charge in [-0.15, -0.1) is 0 Å². The Kier molecular flexibility index (Phi) is 5.85. The Bertz CT molecular complexity index is 1180. The van der Waals surface area contributed by atoms with E-state index in [9.17, 15) is 14.4 Å². The Morgan fingerprint density at radius 1 is 1.11 bits per heavy atom. The van der Waals surface area contributed by atoms with E-state index in [1.807, 2.05) is 59.1 Å². The zero-order valence-corrected chi connectivity index (χ0v) is 19.7. The van der Waals surface area contributed by atoms with Gasteiger partial charge in [-0.05, 0) is 32.3 Å².